The molecule has 0 aliphatic carbocycles. The van der Waals surface area contributed by atoms with Crippen molar-refractivity contribution in [3.05, 3.63) is 16.9 Å². The van der Waals surface area contributed by atoms with Gasteiger partial charge in [0.25, 0.3) is 0 Å². The number of imidazole rings is 1. The highest BCUT2D eigenvalue weighted by atomic mass is 32.1. The molecule has 2 aromatic rings. The van der Waals surface area contributed by atoms with Crippen LogP contribution in [0.15, 0.2) is 12.1 Å². The Morgan fingerprint density at radius 2 is 2.05 bits per heavy atom. The Morgan fingerprint density at radius 1 is 1.29 bits per heavy atom. The number of aromatic amines is 1. The molecular formula is C14H18N2O4S. The van der Waals surface area contributed by atoms with E-state index >= 15 is 0 Å². The van der Waals surface area contributed by atoms with Crippen LogP contribution < -0.4 is 9.47 Å². The molecule has 7 heteroatoms. The summed E-state index contributed by atoms with van der Waals surface area (Å²) in [4.78, 5) is 3.19. The van der Waals surface area contributed by atoms with E-state index in [-0.39, 0.29) is 6.10 Å². The van der Waals surface area contributed by atoms with Gasteiger partial charge < -0.3 is 28.5 Å². The van der Waals surface area contributed by atoms with Gasteiger partial charge in [-0.05, 0) is 12.2 Å². The van der Waals surface area contributed by atoms with E-state index in [9.17, 15) is 0 Å². The third-order valence-electron chi connectivity index (χ3n) is 3.55. The van der Waals surface area contributed by atoms with Crippen LogP contribution in [-0.2, 0) is 16.0 Å². The van der Waals surface area contributed by atoms with Crippen LogP contribution in [0.1, 0.15) is 0 Å². The van der Waals surface area contributed by atoms with E-state index in [0.717, 1.165) is 11.0 Å². The molecule has 1 fully saturated rings. The molecular weight excluding hydrogens is 292 g/mol. The summed E-state index contributed by atoms with van der Waals surface area (Å²) >= 11 is 5.41. The third kappa shape index (κ3) is 2.76. The Balaban J connectivity index is 2.01. The lowest BCUT2D eigenvalue weighted by Gasteiger charge is -2.23. The third-order valence-corrected chi connectivity index (χ3v) is 3.87. The molecule has 0 radical (unpaired) electrons. The lowest BCUT2D eigenvalue weighted by atomic mass is 10.2. The Kier molecular flexibility index (Phi) is 4.14. The summed E-state index contributed by atoms with van der Waals surface area (Å²) in [6.07, 6.45) is 0.0116. The number of fused-ring (bicyclic) bond motifs is 1. The van der Waals surface area contributed by atoms with Crippen molar-refractivity contribution in [2.24, 2.45) is 0 Å². The first-order valence-electron chi connectivity index (χ1n) is 6.77. The zero-order chi connectivity index (χ0) is 14.8. The summed E-state index contributed by atoms with van der Waals surface area (Å²) in [5.74, 6) is 1.35. The van der Waals surface area contributed by atoms with E-state index in [1.165, 1.54) is 0 Å². The number of ether oxygens (including phenoxy) is 4. The molecule has 1 unspecified atom stereocenters. The fourth-order valence-electron chi connectivity index (χ4n) is 2.51. The molecule has 1 aromatic carbocycles. The lowest BCUT2D eigenvalue weighted by Crippen LogP contribution is -2.32. The number of nitrogens with one attached hydrogen (secondary N) is 1. The predicted octanol–water partition coefficient (Wildman–Crippen LogP) is 2.13. The second kappa shape index (κ2) is 6.05. The van der Waals surface area contributed by atoms with Crippen LogP contribution in [0.4, 0.5) is 0 Å². The van der Waals surface area contributed by atoms with Crippen LogP contribution in [0.3, 0.4) is 0 Å². The predicted molar refractivity (Wildman–Crippen MR) is 80.8 cm³/mol. The first-order valence-corrected chi connectivity index (χ1v) is 7.17. The van der Waals surface area contributed by atoms with E-state index in [4.69, 9.17) is 31.2 Å². The van der Waals surface area contributed by atoms with Gasteiger partial charge in [0.2, 0.25) is 0 Å². The fourth-order valence-corrected chi connectivity index (χ4v) is 2.79. The van der Waals surface area contributed by atoms with Gasteiger partial charge in [0, 0.05) is 12.1 Å². The van der Waals surface area contributed by atoms with Crippen molar-refractivity contribution in [2.75, 3.05) is 34.0 Å². The standard InChI is InChI=1S/C14H18N2O4S/c1-17-12-5-10-11(6-13(12)18-2)16(14(21)15-10)7-9-8-19-3-4-20-9/h5-6,9H,3-4,7-8H2,1-2H3,(H,15,21). The first-order chi connectivity index (χ1) is 10.2. The Labute approximate surface area is 127 Å². The number of methoxy groups -OCH3 is 2. The van der Waals surface area contributed by atoms with E-state index in [1.807, 2.05) is 16.7 Å². The van der Waals surface area contributed by atoms with Gasteiger partial charge in [0.15, 0.2) is 16.3 Å². The molecule has 0 saturated carbocycles. The van der Waals surface area contributed by atoms with Gasteiger partial charge in [-0.1, -0.05) is 0 Å². The SMILES string of the molecule is COc1cc2[nH]c(=S)n(CC3COCCO3)c2cc1OC. The van der Waals surface area contributed by atoms with E-state index in [0.29, 0.717) is 42.6 Å². The number of hydrogen-bond donors (Lipinski definition) is 1. The maximum atomic E-state index is 5.69. The second-order valence-electron chi connectivity index (χ2n) is 4.83. The average molecular weight is 310 g/mol. The molecule has 6 nitrogen and oxygen atoms in total. The van der Waals surface area contributed by atoms with Crippen molar-refractivity contribution in [3.8, 4) is 11.5 Å². The highest BCUT2D eigenvalue weighted by Crippen LogP contribution is 2.32. The number of aromatic nitrogens is 2. The Hall–Kier alpha value is -1.57. The van der Waals surface area contributed by atoms with E-state index in [2.05, 4.69) is 4.98 Å². The summed E-state index contributed by atoms with van der Waals surface area (Å²) < 4.78 is 24.5. The summed E-state index contributed by atoms with van der Waals surface area (Å²) in [5, 5.41) is 0. The van der Waals surface area contributed by atoms with Crippen molar-refractivity contribution in [1.82, 2.24) is 9.55 Å². The van der Waals surface area contributed by atoms with Crippen LogP contribution in [0.25, 0.3) is 11.0 Å². The molecule has 1 aromatic heterocycles. The molecule has 1 atom stereocenters. The zero-order valence-corrected chi connectivity index (χ0v) is 12.9. The van der Waals surface area contributed by atoms with Crippen LogP contribution in [-0.4, -0.2) is 49.7 Å². The van der Waals surface area contributed by atoms with Crippen molar-refractivity contribution in [3.63, 3.8) is 0 Å². The minimum absolute atomic E-state index is 0.0116. The van der Waals surface area contributed by atoms with Gasteiger partial charge in [-0.15, -0.1) is 0 Å². The quantitative estimate of drug-likeness (QED) is 0.877. The monoisotopic (exact) mass is 310 g/mol. The maximum Gasteiger partial charge on any atom is 0.178 e. The highest BCUT2D eigenvalue weighted by molar-refractivity contribution is 7.71. The average Bonchev–Trinajstić information content (AvgIpc) is 2.82. The smallest absolute Gasteiger partial charge is 0.178 e. The Bertz CT molecular complexity index is 688. The first kappa shape index (κ1) is 14.4. The number of H-pyrrole nitrogens is 1. The lowest BCUT2D eigenvalue weighted by molar-refractivity contribution is -0.0933. The van der Waals surface area contributed by atoms with Crippen LogP contribution in [0.2, 0.25) is 0 Å². The van der Waals surface area contributed by atoms with Crippen LogP contribution in [0, 0.1) is 4.77 Å². The van der Waals surface area contributed by atoms with Crippen LogP contribution >= 0.6 is 12.2 Å². The molecule has 1 N–H and O–H groups in total. The molecule has 114 valence electrons. The molecule has 0 spiro atoms. The molecule has 0 bridgehead atoms. The van der Waals surface area contributed by atoms with Crippen molar-refractivity contribution in [1.29, 1.82) is 0 Å². The molecule has 0 amide bonds. The molecule has 1 aliphatic heterocycles. The zero-order valence-electron chi connectivity index (χ0n) is 12.0. The summed E-state index contributed by atoms with van der Waals surface area (Å²) in [6, 6.07) is 3.81. The number of rotatable bonds is 4. The van der Waals surface area contributed by atoms with Gasteiger partial charge in [-0.25, -0.2) is 0 Å². The van der Waals surface area contributed by atoms with Crippen molar-refractivity contribution in [2.45, 2.75) is 12.6 Å². The van der Waals surface area contributed by atoms with Gasteiger partial charge in [-0.2, -0.15) is 0 Å². The molecule has 3 rings (SSSR count). The number of hydrogen-bond acceptors (Lipinski definition) is 5. The minimum Gasteiger partial charge on any atom is -0.493 e. The maximum absolute atomic E-state index is 5.69. The highest BCUT2D eigenvalue weighted by Gasteiger charge is 2.18. The summed E-state index contributed by atoms with van der Waals surface area (Å²) in [5.41, 5.74) is 1.88. The summed E-state index contributed by atoms with van der Waals surface area (Å²) in [7, 11) is 3.23. The molecule has 2 heterocycles. The minimum atomic E-state index is 0.0116. The molecule has 21 heavy (non-hydrogen) atoms. The van der Waals surface area contributed by atoms with E-state index < -0.39 is 0 Å². The van der Waals surface area contributed by atoms with Crippen molar-refractivity contribution >= 4 is 23.3 Å². The topological polar surface area (TPSA) is 57.6 Å². The molecule has 1 aliphatic rings. The second-order valence-corrected chi connectivity index (χ2v) is 5.22. The molecule has 1 saturated heterocycles. The van der Waals surface area contributed by atoms with Gasteiger partial charge in [0.1, 0.15) is 0 Å². The van der Waals surface area contributed by atoms with Gasteiger partial charge in [-0.3, -0.25) is 0 Å². The fraction of sp³-hybridized carbons (Fsp3) is 0.500. The normalized spacial score (nSPS) is 18.9. The number of benzene rings is 1. The Morgan fingerprint density at radius 3 is 2.71 bits per heavy atom. The van der Waals surface area contributed by atoms with E-state index in [1.54, 1.807) is 14.2 Å². The van der Waals surface area contributed by atoms with Crippen molar-refractivity contribution < 1.29 is 18.9 Å². The largest absolute Gasteiger partial charge is 0.493 e. The van der Waals surface area contributed by atoms with Gasteiger partial charge >= 0.3 is 0 Å². The van der Waals surface area contributed by atoms with Gasteiger partial charge in [0.05, 0.1) is 57.7 Å². The number of nitrogens with zero attached hydrogens (tertiary/aromatic N) is 1. The van der Waals surface area contributed by atoms with Crippen LogP contribution in [0.5, 0.6) is 11.5 Å². The summed E-state index contributed by atoms with van der Waals surface area (Å²) in [6.45, 7) is 2.51.